The predicted octanol–water partition coefficient (Wildman–Crippen LogP) is 0.462. The Bertz CT molecular complexity index is 463. The quantitative estimate of drug-likeness (QED) is 0.780. The Morgan fingerprint density at radius 3 is 2.88 bits per heavy atom. The van der Waals surface area contributed by atoms with Gasteiger partial charge >= 0.3 is 0 Å². The molecule has 5 heteroatoms. The summed E-state index contributed by atoms with van der Waals surface area (Å²) in [6.45, 7) is 1.39. The smallest absolute Gasteiger partial charge is 0.262 e. The van der Waals surface area contributed by atoms with Crippen LogP contribution < -0.4 is 15.4 Å². The van der Waals surface area contributed by atoms with Gasteiger partial charge < -0.3 is 20.1 Å². The molecule has 0 saturated carbocycles. The van der Waals surface area contributed by atoms with E-state index in [2.05, 4.69) is 10.6 Å². The molecule has 0 unspecified atom stereocenters. The molecule has 2 aliphatic rings. The Morgan fingerprint density at radius 1 is 1.41 bits per heavy atom. The van der Waals surface area contributed by atoms with Gasteiger partial charge in [0.1, 0.15) is 5.75 Å². The summed E-state index contributed by atoms with van der Waals surface area (Å²) in [6.07, 6.45) is 0. The number of nitrogens with one attached hydrogen (secondary N) is 2. The SMILES string of the molecule is CNC1(c2ccc3c(c2)NC(=O)CO3)COC1. The minimum atomic E-state index is -0.128. The maximum atomic E-state index is 11.3. The highest BCUT2D eigenvalue weighted by molar-refractivity contribution is 5.95. The van der Waals surface area contributed by atoms with Crippen molar-refractivity contribution in [3.05, 3.63) is 23.8 Å². The number of likely N-dealkylation sites (N-methyl/N-ethyl adjacent to an activating group) is 1. The lowest BCUT2D eigenvalue weighted by atomic mass is 9.87. The number of rotatable bonds is 2. The van der Waals surface area contributed by atoms with Crippen LogP contribution in [0.3, 0.4) is 0 Å². The molecule has 17 heavy (non-hydrogen) atoms. The fraction of sp³-hybridized carbons (Fsp3) is 0.417. The van der Waals surface area contributed by atoms with Gasteiger partial charge in [0.05, 0.1) is 24.4 Å². The van der Waals surface area contributed by atoms with Crippen LogP contribution in [0.4, 0.5) is 5.69 Å². The molecule has 1 aromatic rings. The molecule has 0 atom stereocenters. The molecule has 0 spiro atoms. The first-order valence-corrected chi connectivity index (χ1v) is 5.57. The fourth-order valence-corrected chi connectivity index (χ4v) is 2.14. The second-order valence-corrected chi connectivity index (χ2v) is 4.37. The zero-order valence-corrected chi connectivity index (χ0v) is 9.58. The fourth-order valence-electron chi connectivity index (χ4n) is 2.14. The standard InChI is InChI=1S/C12H14N2O3/c1-13-12(6-16-7-12)8-2-3-10-9(4-8)14-11(15)5-17-10/h2-4,13H,5-7H2,1H3,(H,14,15). The highest BCUT2D eigenvalue weighted by Crippen LogP contribution is 2.35. The number of hydrogen-bond acceptors (Lipinski definition) is 4. The Kier molecular flexibility index (Phi) is 2.31. The van der Waals surface area contributed by atoms with E-state index in [9.17, 15) is 4.79 Å². The van der Waals surface area contributed by atoms with Crippen LogP contribution in [-0.2, 0) is 15.1 Å². The van der Waals surface area contributed by atoms with Gasteiger partial charge in [0.25, 0.3) is 5.91 Å². The summed E-state index contributed by atoms with van der Waals surface area (Å²) in [6, 6.07) is 5.85. The molecule has 5 nitrogen and oxygen atoms in total. The second kappa shape index (κ2) is 3.72. The summed E-state index contributed by atoms with van der Waals surface area (Å²) in [7, 11) is 1.91. The van der Waals surface area contributed by atoms with E-state index in [-0.39, 0.29) is 18.1 Å². The molecule has 0 aliphatic carbocycles. The monoisotopic (exact) mass is 234 g/mol. The molecule has 1 saturated heterocycles. The Morgan fingerprint density at radius 2 is 2.24 bits per heavy atom. The molecule has 0 radical (unpaired) electrons. The number of carbonyl (C=O) groups is 1. The van der Waals surface area contributed by atoms with Crippen molar-refractivity contribution in [3.63, 3.8) is 0 Å². The summed E-state index contributed by atoms with van der Waals surface area (Å²) in [4.78, 5) is 11.3. The highest BCUT2D eigenvalue weighted by Gasteiger charge is 2.39. The molecule has 0 aromatic heterocycles. The topological polar surface area (TPSA) is 59.6 Å². The molecule has 3 rings (SSSR count). The van der Waals surface area contributed by atoms with Gasteiger partial charge in [-0.15, -0.1) is 0 Å². The van der Waals surface area contributed by atoms with Crippen LogP contribution in [0.2, 0.25) is 0 Å². The molecule has 90 valence electrons. The third kappa shape index (κ3) is 1.59. The number of fused-ring (bicyclic) bond motifs is 1. The molecule has 0 bridgehead atoms. The molecule has 1 amide bonds. The van der Waals surface area contributed by atoms with E-state index in [0.717, 1.165) is 17.0 Å². The highest BCUT2D eigenvalue weighted by atomic mass is 16.5. The van der Waals surface area contributed by atoms with Gasteiger partial charge in [0, 0.05) is 0 Å². The van der Waals surface area contributed by atoms with Crippen LogP contribution in [0.15, 0.2) is 18.2 Å². The molecule has 1 fully saturated rings. The first kappa shape index (κ1) is 10.6. The lowest BCUT2D eigenvalue weighted by Crippen LogP contribution is -2.56. The summed E-state index contributed by atoms with van der Waals surface area (Å²) in [5.74, 6) is 0.609. The lowest BCUT2D eigenvalue weighted by Gasteiger charge is -2.42. The number of anilines is 1. The average molecular weight is 234 g/mol. The Labute approximate surface area is 99.1 Å². The van der Waals surface area contributed by atoms with Crippen molar-refractivity contribution in [3.8, 4) is 5.75 Å². The van der Waals surface area contributed by atoms with Gasteiger partial charge in [0.15, 0.2) is 6.61 Å². The number of benzene rings is 1. The zero-order chi connectivity index (χ0) is 11.9. The van der Waals surface area contributed by atoms with Crippen molar-refractivity contribution in [2.45, 2.75) is 5.54 Å². The van der Waals surface area contributed by atoms with Crippen LogP contribution in [0.5, 0.6) is 5.75 Å². The first-order valence-electron chi connectivity index (χ1n) is 5.57. The van der Waals surface area contributed by atoms with Gasteiger partial charge in [-0.25, -0.2) is 0 Å². The molecular formula is C12H14N2O3. The predicted molar refractivity (Wildman–Crippen MR) is 62.1 cm³/mol. The Balaban J connectivity index is 1.97. The zero-order valence-electron chi connectivity index (χ0n) is 9.58. The summed E-state index contributed by atoms with van der Waals surface area (Å²) >= 11 is 0. The van der Waals surface area contributed by atoms with Crippen LogP contribution in [0, 0.1) is 0 Å². The number of amides is 1. The maximum absolute atomic E-state index is 11.3. The van der Waals surface area contributed by atoms with Crippen molar-refractivity contribution >= 4 is 11.6 Å². The van der Waals surface area contributed by atoms with E-state index in [1.807, 2.05) is 25.2 Å². The van der Waals surface area contributed by atoms with E-state index >= 15 is 0 Å². The molecule has 1 aromatic carbocycles. The number of hydrogen-bond donors (Lipinski definition) is 2. The summed E-state index contributed by atoms with van der Waals surface area (Å²) in [5, 5.41) is 6.08. The van der Waals surface area contributed by atoms with Crippen LogP contribution in [-0.4, -0.2) is 32.8 Å². The first-order chi connectivity index (χ1) is 8.23. The van der Waals surface area contributed by atoms with E-state index in [4.69, 9.17) is 9.47 Å². The minimum absolute atomic E-state index is 0.0899. The van der Waals surface area contributed by atoms with Crippen molar-refractivity contribution in [2.24, 2.45) is 0 Å². The van der Waals surface area contributed by atoms with Crippen LogP contribution in [0.25, 0.3) is 0 Å². The van der Waals surface area contributed by atoms with Gasteiger partial charge in [-0.3, -0.25) is 4.79 Å². The van der Waals surface area contributed by atoms with Crippen LogP contribution >= 0.6 is 0 Å². The summed E-state index contributed by atoms with van der Waals surface area (Å²) in [5.41, 5.74) is 1.72. The molecule has 2 heterocycles. The van der Waals surface area contributed by atoms with Crippen molar-refractivity contribution in [2.75, 3.05) is 32.2 Å². The second-order valence-electron chi connectivity index (χ2n) is 4.37. The van der Waals surface area contributed by atoms with Crippen LogP contribution in [0.1, 0.15) is 5.56 Å². The van der Waals surface area contributed by atoms with Crippen molar-refractivity contribution < 1.29 is 14.3 Å². The molecular weight excluding hydrogens is 220 g/mol. The van der Waals surface area contributed by atoms with E-state index in [0.29, 0.717) is 13.2 Å². The van der Waals surface area contributed by atoms with E-state index in [1.165, 1.54) is 0 Å². The third-order valence-corrected chi connectivity index (χ3v) is 3.34. The lowest BCUT2D eigenvalue weighted by molar-refractivity contribution is -0.118. The van der Waals surface area contributed by atoms with Gasteiger partial charge in [-0.05, 0) is 24.7 Å². The summed E-state index contributed by atoms with van der Waals surface area (Å²) < 4.78 is 10.6. The van der Waals surface area contributed by atoms with E-state index < -0.39 is 0 Å². The third-order valence-electron chi connectivity index (χ3n) is 3.34. The number of ether oxygens (including phenoxy) is 2. The van der Waals surface area contributed by atoms with Crippen molar-refractivity contribution in [1.82, 2.24) is 5.32 Å². The van der Waals surface area contributed by atoms with Crippen molar-refractivity contribution in [1.29, 1.82) is 0 Å². The maximum Gasteiger partial charge on any atom is 0.262 e. The van der Waals surface area contributed by atoms with Gasteiger partial charge in [-0.2, -0.15) is 0 Å². The van der Waals surface area contributed by atoms with Gasteiger partial charge in [-0.1, -0.05) is 6.07 Å². The number of carbonyl (C=O) groups excluding carboxylic acids is 1. The normalized spacial score (nSPS) is 20.9. The largest absolute Gasteiger partial charge is 0.482 e. The molecule has 2 N–H and O–H groups in total. The average Bonchev–Trinajstić information content (AvgIpc) is 2.28. The van der Waals surface area contributed by atoms with E-state index in [1.54, 1.807) is 0 Å². The Hall–Kier alpha value is -1.59. The van der Waals surface area contributed by atoms with Gasteiger partial charge in [0.2, 0.25) is 0 Å². The molecule has 2 aliphatic heterocycles. The minimum Gasteiger partial charge on any atom is -0.482 e.